The van der Waals surface area contributed by atoms with Crippen LogP contribution >= 0.6 is 11.3 Å². The first kappa shape index (κ1) is 15.8. The molecule has 2 atom stereocenters. The molecule has 0 bridgehead atoms. The van der Waals surface area contributed by atoms with Crippen LogP contribution in [0.2, 0.25) is 0 Å². The maximum atomic E-state index is 3.66. The van der Waals surface area contributed by atoms with E-state index in [1.807, 2.05) is 11.3 Å². The molecule has 0 saturated heterocycles. The number of nitrogens with one attached hydrogen (secondary N) is 1. The maximum Gasteiger partial charge on any atom is 0.0398 e. The lowest BCUT2D eigenvalue weighted by Crippen LogP contribution is -2.00. The van der Waals surface area contributed by atoms with Crippen LogP contribution in [0.3, 0.4) is 0 Å². The second-order valence-corrected chi connectivity index (χ2v) is 9.36. The van der Waals surface area contributed by atoms with Crippen LogP contribution in [-0.4, -0.2) is 0 Å². The normalized spacial score (nSPS) is 18.9. The average Bonchev–Trinajstić information content (AvgIpc) is 3.48. The summed E-state index contributed by atoms with van der Waals surface area (Å²) in [6.45, 7) is 0. The molecule has 5 aromatic rings. The summed E-state index contributed by atoms with van der Waals surface area (Å²) >= 11 is 1.87. The molecule has 1 fully saturated rings. The van der Waals surface area contributed by atoms with E-state index in [9.17, 15) is 0 Å². The minimum atomic E-state index is 0.726. The lowest BCUT2D eigenvalue weighted by molar-refractivity contribution is 1.01. The van der Waals surface area contributed by atoms with Gasteiger partial charge in [0.15, 0.2) is 0 Å². The van der Waals surface area contributed by atoms with Gasteiger partial charge in [-0.1, -0.05) is 54.6 Å². The zero-order valence-electron chi connectivity index (χ0n) is 15.9. The SMILES string of the molecule is c1ccc2c(c1)-c1cc(Nc3ccc4c(c3)sc3ccccc34)ccc1C1CC21. The molecule has 2 aliphatic carbocycles. The Morgan fingerprint density at radius 1 is 0.621 bits per heavy atom. The third-order valence-corrected chi connectivity index (χ3v) is 7.69. The van der Waals surface area contributed by atoms with Gasteiger partial charge in [0.05, 0.1) is 0 Å². The van der Waals surface area contributed by atoms with Crippen molar-refractivity contribution in [3.8, 4) is 11.1 Å². The van der Waals surface area contributed by atoms with E-state index >= 15 is 0 Å². The fourth-order valence-electron chi connectivity index (χ4n) is 5.11. The molecule has 2 heteroatoms. The number of rotatable bonds is 2. The molecule has 1 heterocycles. The molecule has 4 aromatic carbocycles. The fraction of sp³-hybridized carbons (Fsp3) is 0.111. The van der Waals surface area contributed by atoms with E-state index in [2.05, 4.69) is 90.2 Å². The summed E-state index contributed by atoms with van der Waals surface area (Å²) in [5.41, 5.74) is 8.21. The second kappa shape index (κ2) is 5.71. The lowest BCUT2D eigenvalue weighted by Gasteiger charge is -2.20. The van der Waals surface area contributed by atoms with E-state index in [1.54, 1.807) is 0 Å². The zero-order valence-corrected chi connectivity index (χ0v) is 16.7. The molecule has 1 saturated carbocycles. The number of hydrogen-bond donors (Lipinski definition) is 1. The number of thiophene rings is 1. The van der Waals surface area contributed by atoms with Crippen LogP contribution in [0.1, 0.15) is 29.4 Å². The van der Waals surface area contributed by atoms with Gasteiger partial charge in [-0.25, -0.2) is 0 Å². The Labute approximate surface area is 173 Å². The molecule has 0 spiro atoms. The predicted molar refractivity (Wildman–Crippen MR) is 125 cm³/mol. The minimum Gasteiger partial charge on any atom is -0.355 e. The highest BCUT2D eigenvalue weighted by atomic mass is 32.1. The van der Waals surface area contributed by atoms with Crippen molar-refractivity contribution in [2.45, 2.75) is 18.3 Å². The summed E-state index contributed by atoms with van der Waals surface area (Å²) in [6, 6.07) is 31.3. The van der Waals surface area contributed by atoms with Crippen molar-refractivity contribution in [1.82, 2.24) is 0 Å². The topological polar surface area (TPSA) is 12.0 Å². The van der Waals surface area contributed by atoms with Gasteiger partial charge in [-0.3, -0.25) is 0 Å². The van der Waals surface area contributed by atoms with Gasteiger partial charge in [-0.05, 0) is 70.8 Å². The van der Waals surface area contributed by atoms with Crippen LogP contribution in [0, 0.1) is 0 Å². The Morgan fingerprint density at radius 3 is 2.31 bits per heavy atom. The number of fused-ring (bicyclic) bond motifs is 9. The van der Waals surface area contributed by atoms with Crippen LogP contribution < -0.4 is 5.32 Å². The van der Waals surface area contributed by atoms with Gasteiger partial charge in [0.1, 0.15) is 0 Å². The van der Waals surface area contributed by atoms with Crippen LogP contribution in [0.25, 0.3) is 31.3 Å². The molecule has 0 amide bonds. The molecular formula is C27H19NS. The largest absolute Gasteiger partial charge is 0.355 e. The van der Waals surface area contributed by atoms with Crippen molar-refractivity contribution in [3.63, 3.8) is 0 Å². The van der Waals surface area contributed by atoms with E-state index in [1.165, 1.54) is 48.8 Å². The van der Waals surface area contributed by atoms with Gasteiger partial charge >= 0.3 is 0 Å². The molecule has 1 N–H and O–H groups in total. The third-order valence-electron chi connectivity index (χ3n) is 6.56. The van der Waals surface area contributed by atoms with Crippen molar-refractivity contribution in [2.24, 2.45) is 0 Å². The van der Waals surface area contributed by atoms with Crippen molar-refractivity contribution in [1.29, 1.82) is 0 Å². The van der Waals surface area contributed by atoms with E-state index in [0.29, 0.717) is 0 Å². The standard InChI is InChI=1S/C27H19NS/c1-2-6-19-18(5-1)23-13-16(9-11-20(23)25-15-24(19)25)28-17-10-12-22-21-7-3-4-8-26(21)29-27(22)14-17/h1-14,24-25,28H,15H2. The molecule has 0 aliphatic heterocycles. The quantitative estimate of drug-likeness (QED) is 0.322. The average molecular weight is 390 g/mol. The number of benzene rings is 4. The van der Waals surface area contributed by atoms with Crippen LogP contribution in [0.4, 0.5) is 11.4 Å². The summed E-state index contributed by atoms with van der Waals surface area (Å²) in [6.07, 6.45) is 1.30. The van der Waals surface area contributed by atoms with Gasteiger partial charge in [0.25, 0.3) is 0 Å². The van der Waals surface area contributed by atoms with Crippen LogP contribution in [0.5, 0.6) is 0 Å². The third kappa shape index (κ3) is 2.33. The Hall–Kier alpha value is -3.10. The zero-order chi connectivity index (χ0) is 18.9. The molecule has 1 nitrogen and oxygen atoms in total. The van der Waals surface area contributed by atoms with E-state index in [4.69, 9.17) is 0 Å². The Morgan fingerprint density at radius 2 is 1.34 bits per heavy atom. The molecular weight excluding hydrogens is 370 g/mol. The first-order chi connectivity index (χ1) is 14.3. The van der Waals surface area contributed by atoms with Crippen molar-refractivity contribution >= 4 is 42.9 Å². The van der Waals surface area contributed by atoms with Crippen molar-refractivity contribution in [2.75, 3.05) is 5.32 Å². The Bertz CT molecular complexity index is 1430. The number of anilines is 2. The van der Waals surface area contributed by atoms with Gasteiger partial charge in [-0.2, -0.15) is 0 Å². The summed E-state index contributed by atoms with van der Waals surface area (Å²) in [4.78, 5) is 0. The van der Waals surface area contributed by atoms with Crippen LogP contribution in [0.15, 0.2) is 84.9 Å². The molecule has 2 unspecified atom stereocenters. The van der Waals surface area contributed by atoms with E-state index in [0.717, 1.165) is 23.2 Å². The minimum absolute atomic E-state index is 0.726. The summed E-state index contributed by atoms with van der Waals surface area (Å²) in [5, 5.41) is 6.35. The molecule has 1 aromatic heterocycles. The monoisotopic (exact) mass is 389 g/mol. The lowest BCUT2D eigenvalue weighted by atomic mass is 9.85. The summed E-state index contributed by atoms with van der Waals surface area (Å²) < 4.78 is 2.68. The highest BCUT2D eigenvalue weighted by Gasteiger charge is 2.45. The fourth-order valence-corrected chi connectivity index (χ4v) is 6.25. The molecule has 0 radical (unpaired) electrons. The smallest absolute Gasteiger partial charge is 0.0398 e. The number of hydrogen-bond acceptors (Lipinski definition) is 2. The highest BCUT2D eigenvalue weighted by molar-refractivity contribution is 7.25. The van der Waals surface area contributed by atoms with Crippen LogP contribution in [-0.2, 0) is 0 Å². The van der Waals surface area contributed by atoms with Gasteiger partial charge < -0.3 is 5.32 Å². The summed E-state index contributed by atoms with van der Waals surface area (Å²) in [7, 11) is 0. The van der Waals surface area contributed by atoms with Gasteiger partial charge in [0.2, 0.25) is 0 Å². The van der Waals surface area contributed by atoms with Crippen molar-refractivity contribution < 1.29 is 0 Å². The molecule has 2 aliphatic rings. The molecule has 29 heavy (non-hydrogen) atoms. The Kier molecular flexibility index (Phi) is 3.11. The predicted octanol–water partition coefficient (Wildman–Crippen LogP) is 8.05. The van der Waals surface area contributed by atoms with Gasteiger partial charge in [-0.15, -0.1) is 11.3 Å². The first-order valence-electron chi connectivity index (χ1n) is 10.3. The first-order valence-corrected chi connectivity index (χ1v) is 11.1. The van der Waals surface area contributed by atoms with Crippen molar-refractivity contribution in [3.05, 3.63) is 96.1 Å². The summed E-state index contributed by atoms with van der Waals surface area (Å²) in [5.74, 6) is 1.47. The van der Waals surface area contributed by atoms with Gasteiger partial charge in [0, 0.05) is 31.5 Å². The molecule has 7 rings (SSSR count). The maximum absolute atomic E-state index is 3.66. The highest BCUT2D eigenvalue weighted by Crippen LogP contribution is 2.62. The Balaban J connectivity index is 1.30. The van der Waals surface area contributed by atoms with E-state index < -0.39 is 0 Å². The second-order valence-electron chi connectivity index (χ2n) is 8.27. The molecule has 138 valence electrons. The van der Waals surface area contributed by atoms with E-state index in [-0.39, 0.29) is 0 Å².